The second-order valence-electron chi connectivity index (χ2n) is 12.9. The van der Waals surface area contributed by atoms with Crippen LogP contribution < -0.4 is 4.74 Å². The third kappa shape index (κ3) is 11.7. The molecule has 0 heterocycles. The predicted molar refractivity (Wildman–Crippen MR) is 183 cm³/mol. The Bertz CT molecular complexity index is 1110. The quantitative estimate of drug-likeness (QED) is 0.0760. The smallest absolute Gasteiger partial charge is 0.335 e. The molecule has 1 aliphatic rings. The van der Waals surface area contributed by atoms with Gasteiger partial charge < -0.3 is 14.6 Å². The van der Waals surface area contributed by atoms with Crippen LogP contribution in [-0.4, -0.2) is 36.7 Å². The zero-order valence-electron chi connectivity index (χ0n) is 28.6. The highest BCUT2D eigenvalue weighted by molar-refractivity contribution is 6.04. The Morgan fingerprint density at radius 1 is 0.795 bits per heavy atom. The van der Waals surface area contributed by atoms with Crippen LogP contribution in [0.25, 0.3) is 0 Å². The number of unbranched alkanes of at least 4 members (excludes halogenated alkanes) is 15. The third-order valence-corrected chi connectivity index (χ3v) is 9.51. The molecule has 0 spiro atoms. The number of ketones is 1. The number of hydrogen-bond donors (Lipinski definition) is 1. The number of aliphatic carboxylic acids is 1. The summed E-state index contributed by atoms with van der Waals surface area (Å²) in [4.78, 5) is 24.9. The predicted octanol–water partition coefficient (Wildman–Crippen LogP) is 10.8. The van der Waals surface area contributed by atoms with E-state index in [1.165, 1.54) is 96.3 Å². The first-order chi connectivity index (χ1) is 21.2. The number of rotatable bonds is 23. The van der Waals surface area contributed by atoms with Crippen LogP contribution in [0.15, 0.2) is 58.7 Å². The molecule has 1 aromatic carbocycles. The lowest BCUT2D eigenvalue weighted by atomic mass is 9.67. The van der Waals surface area contributed by atoms with Crippen molar-refractivity contribution in [3.05, 3.63) is 64.3 Å². The van der Waals surface area contributed by atoms with E-state index in [0.717, 1.165) is 17.7 Å². The molecule has 5 heteroatoms. The Hall–Kier alpha value is -2.66. The van der Waals surface area contributed by atoms with E-state index in [2.05, 4.69) is 6.92 Å². The molecule has 0 saturated carbocycles. The number of carbonyl (C=O) groups is 2. The van der Waals surface area contributed by atoms with Crippen molar-refractivity contribution in [2.75, 3.05) is 13.7 Å². The standard InChI is InChI=1S/C39H60O5/c1-7-8-9-10-11-12-13-14-15-16-17-18-19-20-21-22-29-44-34-25-23-33(24-26-34)35(40)27-28-39(5)32(4)30(2)36(38(41)42)31(3)37(39)43-6/h23-28,37H,7-22,29H2,1-6H3,(H,41,42). The second-order valence-corrected chi connectivity index (χ2v) is 12.9. The minimum atomic E-state index is -0.958. The molecule has 5 nitrogen and oxygen atoms in total. The van der Waals surface area contributed by atoms with Crippen molar-refractivity contribution < 1.29 is 24.2 Å². The first kappa shape index (κ1) is 37.5. The van der Waals surface area contributed by atoms with Gasteiger partial charge >= 0.3 is 5.97 Å². The molecule has 0 radical (unpaired) electrons. The molecule has 2 unspecified atom stereocenters. The summed E-state index contributed by atoms with van der Waals surface area (Å²) < 4.78 is 11.7. The molecule has 2 atom stereocenters. The highest BCUT2D eigenvalue weighted by atomic mass is 16.5. The minimum absolute atomic E-state index is 0.110. The largest absolute Gasteiger partial charge is 0.494 e. The van der Waals surface area contributed by atoms with E-state index >= 15 is 0 Å². The summed E-state index contributed by atoms with van der Waals surface area (Å²) >= 11 is 0. The Balaban J connectivity index is 1.65. The maximum absolute atomic E-state index is 13.0. The van der Waals surface area contributed by atoms with E-state index in [0.29, 0.717) is 28.9 Å². The normalized spacial score (nSPS) is 18.8. The lowest BCUT2D eigenvalue weighted by Crippen LogP contribution is -2.39. The van der Waals surface area contributed by atoms with Crippen LogP contribution in [0, 0.1) is 5.41 Å². The van der Waals surface area contributed by atoms with Crippen LogP contribution in [0.4, 0.5) is 0 Å². The molecule has 0 bridgehead atoms. The Kier molecular flexibility index (Phi) is 17.4. The van der Waals surface area contributed by atoms with Crippen molar-refractivity contribution in [2.45, 2.75) is 143 Å². The van der Waals surface area contributed by atoms with Gasteiger partial charge in [-0.2, -0.15) is 0 Å². The van der Waals surface area contributed by atoms with Crippen molar-refractivity contribution in [3.8, 4) is 5.75 Å². The van der Waals surface area contributed by atoms with Gasteiger partial charge in [0.15, 0.2) is 5.78 Å². The Morgan fingerprint density at radius 2 is 1.27 bits per heavy atom. The topological polar surface area (TPSA) is 72.8 Å². The zero-order valence-corrected chi connectivity index (χ0v) is 28.6. The van der Waals surface area contributed by atoms with Crippen molar-refractivity contribution in [3.63, 3.8) is 0 Å². The van der Waals surface area contributed by atoms with E-state index in [9.17, 15) is 14.7 Å². The van der Waals surface area contributed by atoms with Gasteiger partial charge in [0, 0.05) is 18.1 Å². The minimum Gasteiger partial charge on any atom is -0.494 e. The fourth-order valence-corrected chi connectivity index (χ4v) is 6.53. The van der Waals surface area contributed by atoms with Gasteiger partial charge in [0.05, 0.1) is 18.3 Å². The maximum atomic E-state index is 13.0. The van der Waals surface area contributed by atoms with Crippen LogP contribution >= 0.6 is 0 Å². The van der Waals surface area contributed by atoms with Gasteiger partial charge in [0.1, 0.15) is 5.75 Å². The molecular weight excluding hydrogens is 548 g/mol. The molecule has 0 amide bonds. The highest BCUT2D eigenvalue weighted by Crippen LogP contribution is 2.45. The summed E-state index contributed by atoms with van der Waals surface area (Å²) in [6.07, 6.45) is 24.6. The SMILES string of the molecule is CCCCCCCCCCCCCCCCCCOc1ccc(C(=O)C=CC2(C)C(C)=C(C)C(C(=O)O)=C(C)C2OC)cc1. The fraction of sp³-hybridized carbons (Fsp3) is 0.641. The molecule has 1 aromatic rings. The molecule has 0 aliphatic heterocycles. The summed E-state index contributed by atoms with van der Waals surface area (Å²) in [5.74, 6) is -0.288. The van der Waals surface area contributed by atoms with E-state index in [1.807, 2.05) is 39.0 Å². The number of carboxylic acid groups (broad SMARTS) is 1. The first-order valence-electron chi connectivity index (χ1n) is 17.3. The van der Waals surface area contributed by atoms with Gasteiger partial charge in [-0.1, -0.05) is 115 Å². The molecule has 2 rings (SSSR count). The summed E-state index contributed by atoms with van der Waals surface area (Å²) in [5.41, 5.74) is 2.51. The maximum Gasteiger partial charge on any atom is 0.335 e. The van der Waals surface area contributed by atoms with Gasteiger partial charge in [-0.05, 0) is 75.6 Å². The number of carboxylic acids is 1. The average molecular weight is 609 g/mol. The number of ether oxygens (including phenoxy) is 2. The van der Waals surface area contributed by atoms with Gasteiger partial charge in [0.25, 0.3) is 0 Å². The van der Waals surface area contributed by atoms with Crippen LogP contribution in [0.5, 0.6) is 5.75 Å². The van der Waals surface area contributed by atoms with Crippen LogP contribution in [0.3, 0.4) is 0 Å². The summed E-state index contributed by atoms with van der Waals surface area (Å²) in [6.45, 7) is 10.5. The molecular formula is C39H60O5. The number of hydrogen-bond acceptors (Lipinski definition) is 4. The van der Waals surface area contributed by atoms with Crippen LogP contribution in [0.2, 0.25) is 0 Å². The fourth-order valence-electron chi connectivity index (χ4n) is 6.53. The van der Waals surface area contributed by atoms with Crippen molar-refractivity contribution in [1.82, 2.24) is 0 Å². The van der Waals surface area contributed by atoms with Crippen molar-refractivity contribution >= 4 is 11.8 Å². The van der Waals surface area contributed by atoms with Crippen molar-refractivity contribution in [1.29, 1.82) is 0 Å². The number of carbonyl (C=O) groups excluding carboxylic acids is 1. The molecule has 1 aliphatic carbocycles. The third-order valence-electron chi connectivity index (χ3n) is 9.51. The summed E-state index contributed by atoms with van der Waals surface area (Å²) in [6, 6.07) is 7.31. The molecule has 246 valence electrons. The Morgan fingerprint density at radius 3 is 1.73 bits per heavy atom. The summed E-state index contributed by atoms with van der Waals surface area (Å²) in [7, 11) is 1.58. The van der Waals surface area contributed by atoms with Gasteiger partial charge in [0.2, 0.25) is 0 Å². The zero-order chi connectivity index (χ0) is 32.4. The first-order valence-corrected chi connectivity index (χ1v) is 17.3. The van der Waals surface area contributed by atoms with Crippen molar-refractivity contribution in [2.24, 2.45) is 5.41 Å². The second kappa shape index (κ2) is 20.4. The molecule has 0 saturated heterocycles. The molecule has 44 heavy (non-hydrogen) atoms. The van der Waals surface area contributed by atoms with Gasteiger partial charge in [-0.25, -0.2) is 4.79 Å². The lowest BCUT2D eigenvalue weighted by molar-refractivity contribution is -0.132. The Labute approximate surface area is 268 Å². The van der Waals surface area contributed by atoms with E-state index in [4.69, 9.17) is 9.47 Å². The van der Waals surface area contributed by atoms with Crippen LogP contribution in [-0.2, 0) is 9.53 Å². The van der Waals surface area contributed by atoms with Crippen LogP contribution in [0.1, 0.15) is 148 Å². The molecule has 1 N–H and O–H groups in total. The van der Waals surface area contributed by atoms with E-state index in [-0.39, 0.29) is 5.78 Å². The highest BCUT2D eigenvalue weighted by Gasteiger charge is 2.42. The number of methoxy groups -OCH3 is 1. The summed E-state index contributed by atoms with van der Waals surface area (Å²) in [5, 5.41) is 9.71. The van der Waals surface area contributed by atoms with Gasteiger partial charge in [-0.15, -0.1) is 0 Å². The van der Waals surface area contributed by atoms with E-state index in [1.54, 1.807) is 32.2 Å². The average Bonchev–Trinajstić information content (AvgIpc) is 3.01. The molecule has 0 fully saturated rings. The van der Waals surface area contributed by atoms with Gasteiger partial charge in [-0.3, -0.25) is 4.79 Å². The number of allylic oxidation sites excluding steroid dienone is 1. The molecule has 0 aromatic heterocycles. The number of benzene rings is 1. The van der Waals surface area contributed by atoms with E-state index < -0.39 is 17.5 Å². The lowest BCUT2D eigenvalue weighted by Gasteiger charge is -2.41. The monoisotopic (exact) mass is 608 g/mol.